The Labute approximate surface area is 111 Å². The number of halogens is 1. The third-order valence-electron chi connectivity index (χ3n) is 3.78. The van der Waals surface area contributed by atoms with Gasteiger partial charge in [-0.15, -0.1) is 0 Å². The molecule has 3 heterocycles. The van der Waals surface area contributed by atoms with E-state index in [0.29, 0.717) is 18.0 Å². The van der Waals surface area contributed by atoms with Crippen molar-refractivity contribution in [3.63, 3.8) is 0 Å². The predicted octanol–water partition coefficient (Wildman–Crippen LogP) is 1.15. The fourth-order valence-electron chi connectivity index (χ4n) is 2.97. The van der Waals surface area contributed by atoms with Gasteiger partial charge < -0.3 is 16.0 Å². The molecule has 0 bridgehead atoms. The summed E-state index contributed by atoms with van der Waals surface area (Å²) in [6, 6.07) is 1.12. The van der Waals surface area contributed by atoms with E-state index in [1.54, 1.807) is 0 Å². The first-order chi connectivity index (χ1) is 8.70. The average molecular weight is 269 g/mol. The summed E-state index contributed by atoms with van der Waals surface area (Å²) in [5, 5.41) is 3.46. The first-order valence-corrected chi connectivity index (χ1v) is 6.76. The minimum atomic E-state index is 0.142. The van der Waals surface area contributed by atoms with Crippen molar-refractivity contribution in [1.82, 2.24) is 19.9 Å². The van der Waals surface area contributed by atoms with Crippen LogP contribution in [0.25, 0.3) is 0 Å². The fraction of sp³-hybridized carbons (Fsp3) is 0.727. The van der Waals surface area contributed by atoms with E-state index in [9.17, 15) is 0 Å². The van der Waals surface area contributed by atoms with Gasteiger partial charge in [-0.1, -0.05) is 0 Å². The van der Waals surface area contributed by atoms with E-state index in [0.717, 1.165) is 19.4 Å². The van der Waals surface area contributed by atoms with Crippen molar-refractivity contribution in [2.75, 3.05) is 24.1 Å². The van der Waals surface area contributed by atoms with Gasteiger partial charge in [0.05, 0.1) is 0 Å². The standard InChI is InChI=1S/C11H17ClN6/c12-9-15-10(13)17-11(16-9)14-7-3-5-18-4-1-2-8(18)6-7/h7-8H,1-6H2,(H3,13,14,15,16,17). The molecule has 6 nitrogen and oxygen atoms in total. The van der Waals surface area contributed by atoms with Crippen LogP contribution >= 0.6 is 11.6 Å². The van der Waals surface area contributed by atoms with E-state index in [1.807, 2.05) is 0 Å². The lowest BCUT2D eigenvalue weighted by atomic mass is 9.98. The molecule has 0 amide bonds. The maximum Gasteiger partial charge on any atom is 0.229 e. The van der Waals surface area contributed by atoms with Gasteiger partial charge in [0.25, 0.3) is 0 Å². The van der Waals surface area contributed by atoms with Crippen molar-refractivity contribution in [2.24, 2.45) is 0 Å². The van der Waals surface area contributed by atoms with Crippen LogP contribution in [-0.4, -0.2) is 45.0 Å². The maximum absolute atomic E-state index is 5.77. The highest BCUT2D eigenvalue weighted by atomic mass is 35.5. The number of fused-ring (bicyclic) bond motifs is 1. The molecule has 2 atom stereocenters. The highest BCUT2D eigenvalue weighted by Crippen LogP contribution is 2.28. The summed E-state index contributed by atoms with van der Waals surface area (Å²) in [6.45, 7) is 2.40. The van der Waals surface area contributed by atoms with Crippen LogP contribution in [-0.2, 0) is 0 Å². The molecule has 2 unspecified atom stereocenters. The zero-order chi connectivity index (χ0) is 12.5. The molecule has 7 heteroatoms. The molecule has 0 aromatic carbocycles. The Morgan fingerprint density at radius 3 is 2.94 bits per heavy atom. The Morgan fingerprint density at radius 2 is 2.11 bits per heavy atom. The topological polar surface area (TPSA) is 80.0 Å². The molecule has 0 spiro atoms. The summed E-state index contributed by atoms with van der Waals surface area (Å²) in [7, 11) is 0. The third-order valence-corrected chi connectivity index (χ3v) is 3.95. The Kier molecular flexibility index (Phi) is 3.22. The lowest BCUT2D eigenvalue weighted by Gasteiger charge is -2.35. The molecule has 0 aliphatic carbocycles. The number of hydrogen-bond donors (Lipinski definition) is 2. The lowest BCUT2D eigenvalue weighted by Crippen LogP contribution is -2.43. The number of rotatable bonds is 2. The summed E-state index contributed by atoms with van der Waals surface area (Å²) in [4.78, 5) is 14.4. The average Bonchev–Trinajstić information content (AvgIpc) is 2.74. The summed E-state index contributed by atoms with van der Waals surface area (Å²) < 4.78 is 0. The second-order valence-corrected chi connectivity index (χ2v) is 5.32. The van der Waals surface area contributed by atoms with E-state index in [-0.39, 0.29) is 11.2 Å². The van der Waals surface area contributed by atoms with Crippen LogP contribution in [0.15, 0.2) is 0 Å². The third kappa shape index (κ3) is 2.49. The Balaban J connectivity index is 1.65. The largest absolute Gasteiger partial charge is 0.368 e. The SMILES string of the molecule is Nc1nc(Cl)nc(NC2CCN3CCCC3C2)n1. The van der Waals surface area contributed by atoms with Gasteiger partial charge in [0, 0.05) is 18.6 Å². The molecule has 3 rings (SSSR count). The van der Waals surface area contributed by atoms with Crippen molar-refractivity contribution >= 4 is 23.5 Å². The number of nitrogens with two attached hydrogens (primary N) is 1. The van der Waals surface area contributed by atoms with Gasteiger partial charge in [0.15, 0.2) is 0 Å². The number of nitrogens with one attached hydrogen (secondary N) is 1. The summed E-state index contributed by atoms with van der Waals surface area (Å²) in [6.07, 6.45) is 4.88. The molecule has 3 N–H and O–H groups in total. The Hall–Kier alpha value is -1.14. The van der Waals surface area contributed by atoms with Crippen molar-refractivity contribution in [2.45, 2.75) is 37.8 Å². The first-order valence-electron chi connectivity index (χ1n) is 6.38. The molecular formula is C11H17ClN6. The number of anilines is 2. The van der Waals surface area contributed by atoms with Crippen molar-refractivity contribution < 1.29 is 0 Å². The van der Waals surface area contributed by atoms with Crippen LogP contribution in [0, 0.1) is 0 Å². The molecule has 2 aliphatic rings. The highest BCUT2D eigenvalue weighted by molar-refractivity contribution is 6.28. The van der Waals surface area contributed by atoms with Crippen molar-refractivity contribution in [1.29, 1.82) is 0 Å². The van der Waals surface area contributed by atoms with Crippen LogP contribution in [0.2, 0.25) is 5.28 Å². The Bertz CT molecular complexity index is 419. The van der Waals surface area contributed by atoms with E-state index >= 15 is 0 Å². The van der Waals surface area contributed by atoms with Crippen molar-refractivity contribution in [3.05, 3.63) is 5.28 Å². The molecule has 1 aromatic heterocycles. The minimum Gasteiger partial charge on any atom is -0.368 e. The van der Waals surface area contributed by atoms with E-state index in [1.165, 1.54) is 19.4 Å². The predicted molar refractivity (Wildman–Crippen MR) is 70.5 cm³/mol. The van der Waals surface area contributed by atoms with Gasteiger partial charge in [-0.25, -0.2) is 0 Å². The fourth-order valence-corrected chi connectivity index (χ4v) is 3.13. The molecule has 0 radical (unpaired) electrons. The summed E-state index contributed by atoms with van der Waals surface area (Å²) >= 11 is 5.77. The highest BCUT2D eigenvalue weighted by Gasteiger charge is 2.31. The zero-order valence-electron chi connectivity index (χ0n) is 10.1. The number of aromatic nitrogens is 3. The van der Waals surface area contributed by atoms with Gasteiger partial charge in [0.2, 0.25) is 17.2 Å². The minimum absolute atomic E-state index is 0.142. The van der Waals surface area contributed by atoms with Gasteiger partial charge in [0.1, 0.15) is 0 Å². The monoisotopic (exact) mass is 268 g/mol. The molecule has 0 saturated carbocycles. The molecule has 1 aromatic rings. The lowest BCUT2D eigenvalue weighted by molar-refractivity contribution is 0.188. The maximum atomic E-state index is 5.77. The normalized spacial score (nSPS) is 28.1. The zero-order valence-corrected chi connectivity index (χ0v) is 10.9. The van der Waals surface area contributed by atoms with Crippen LogP contribution in [0.4, 0.5) is 11.9 Å². The summed E-state index contributed by atoms with van der Waals surface area (Å²) in [5.74, 6) is 0.653. The Morgan fingerprint density at radius 1 is 1.22 bits per heavy atom. The van der Waals surface area contributed by atoms with Gasteiger partial charge in [-0.05, 0) is 43.8 Å². The quantitative estimate of drug-likeness (QED) is 0.838. The number of piperidine rings is 1. The van der Waals surface area contributed by atoms with Gasteiger partial charge in [-0.2, -0.15) is 15.0 Å². The second kappa shape index (κ2) is 4.85. The molecular weight excluding hydrogens is 252 g/mol. The van der Waals surface area contributed by atoms with Crippen LogP contribution in [0.1, 0.15) is 25.7 Å². The van der Waals surface area contributed by atoms with E-state index in [2.05, 4.69) is 25.2 Å². The van der Waals surface area contributed by atoms with Crippen LogP contribution < -0.4 is 11.1 Å². The van der Waals surface area contributed by atoms with E-state index < -0.39 is 0 Å². The number of hydrogen-bond acceptors (Lipinski definition) is 6. The number of nitrogens with zero attached hydrogens (tertiary/aromatic N) is 4. The van der Waals surface area contributed by atoms with Crippen LogP contribution in [0.3, 0.4) is 0 Å². The van der Waals surface area contributed by atoms with Gasteiger partial charge in [-0.3, -0.25) is 0 Å². The smallest absolute Gasteiger partial charge is 0.229 e. The van der Waals surface area contributed by atoms with Gasteiger partial charge >= 0.3 is 0 Å². The second-order valence-electron chi connectivity index (χ2n) is 4.98. The first kappa shape index (κ1) is 11.9. The van der Waals surface area contributed by atoms with Crippen LogP contribution in [0.5, 0.6) is 0 Å². The van der Waals surface area contributed by atoms with E-state index in [4.69, 9.17) is 17.3 Å². The molecule has 2 fully saturated rings. The molecule has 18 heavy (non-hydrogen) atoms. The molecule has 2 saturated heterocycles. The summed E-state index contributed by atoms with van der Waals surface area (Å²) in [5.41, 5.74) is 5.56. The number of nitrogen functional groups attached to an aromatic ring is 1. The molecule has 98 valence electrons. The molecule has 2 aliphatic heterocycles. The van der Waals surface area contributed by atoms with Crippen molar-refractivity contribution in [3.8, 4) is 0 Å².